The quantitative estimate of drug-likeness (QED) is 0.730. The molecule has 1 N–H and O–H groups in total. The van der Waals surface area contributed by atoms with Crippen molar-refractivity contribution < 1.29 is 4.74 Å². The molecule has 0 saturated carbocycles. The summed E-state index contributed by atoms with van der Waals surface area (Å²) in [6.45, 7) is 0.816. The van der Waals surface area contributed by atoms with Crippen LogP contribution in [0.3, 0.4) is 0 Å². The van der Waals surface area contributed by atoms with Crippen LogP contribution >= 0.6 is 0 Å². The van der Waals surface area contributed by atoms with Crippen LogP contribution in [0.4, 0.5) is 0 Å². The van der Waals surface area contributed by atoms with E-state index in [4.69, 9.17) is 4.74 Å². The summed E-state index contributed by atoms with van der Waals surface area (Å²) in [5.74, 6) is 0. The highest BCUT2D eigenvalue weighted by Crippen LogP contribution is 2.30. The molecule has 0 aliphatic carbocycles. The maximum absolute atomic E-state index is 5.17. The molecule has 1 saturated heterocycles. The summed E-state index contributed by atoms with van der Waals surface area (Å²) in [6, 6.07) is 12.2. The molecule has 0 amide bonds. The van der Waals surface area contributed by atoms with Crippen LogP contribution in [0.5, 0.6) is 0 Å². The Morgan fingerprint density at radius 1 is 1.29 bits per heavy atom. The number of hydrogen-bond acceptors (Lipinski definition) is 2. The fourth-order valence-corrected chi connectivity index (χ4v) is 1.49. The summed E-state index contributed by atoms with van der Waals surface area (Å²) < 4.78 is 5.17. The van der Waals surface area contributed by atoms with Crippen molar-refractivity contribution in [1.29, 1.82) is 0 Å². The molecule has 14 heavy (non-hydrogen) atoms. The molecule has 0 bridgehead atoms. The van der Waals surface area contributed by atoms with Gasteiger partial charge < -0.3 is 4.74 Å². The third-order valence-electron chi connectivity index (χ3n) is 2.35. The summed E-state index contributed by atoms with van der Waals surface area (Å²) in [7, 11) is 0. The summed E-state index contributed by atoms with van der Waals surface area (Å²) >= 11 is 0. The van der Waals surface area contributed by atoms with Gasteiger partial charge in [-0.2, -0.15) is 5.10 Å². The zero-order chi connectivity index (χ0) is 9.38. The minimum Gasteiger partial charge on any atom is -0.366 e. The van der Waals surface area contributed by atoms with Gasteiger partial charge in [0.15, 0.2) is 0 Å². The number of H-pyrrole nitrogens is 1. The van der Waals surface area contributed by atoms with Gasteiger partial charge in [0.2, 0.25) is 0 Å². The van der Waals surface area contributed by atoms with Gasteiger partial charge in [0, 0.05) is 5.56 Å². The zero-order valence-electron chi connectivity index (χ0n) is 7.60. The minimum atomic E-state index is 0.250. The Bertz CT molecular complexity index is 432. The Labute approximate surface area is 81.7 Å². The Morgan fingerprint density at radius 2 is 2.07 bits per heavy atom. The first-order chi connectivity index (χ1) is 6.93. The lowest BCUT2D eigenvalue weighted by atomic mass is 10.1. The van der Waals surface area contributed by atoms with Crippen molar-refractivity contribution in [1.82, 2.24) is 10.2 Å². The van der Waals surface area contributed by atoms with Gasteiger partial charge in [0.1, 0.15) is 6.10 Å². The smallest absolute Gasteiger partial charge is 0.122 e. The molecule has 1 aliphatic rings. The predicted molar refractivity (Wildman–Crippen MR) is 52.7 cm³/mol. The minimum absolute atomic E-state index is 0.250. The second-order valence-electron chi connectivity index (χ2n) is 3.40. The summed E-state index contributed by atoms with van der Waals surface area (Å²) in [4.78, 5) is 0. The Balaban J connectivity index is 1.96. The van der Waals surface area contributed by atoms with Gasteiger partial charge in [-0.1, -0.05) is 30.3 Å². The SMILES string of the molecule is c1ccc(-c2cc([C@H]3CO3)[nH]n2)cc1. The van der Waals surface area contributed by atoms with Crippen molar-refractivity contribution in [2.45, 2.75) is 6.10 Å². The largest absolute Gasteiger partial charge is 0.366 e. The molecule has 0 unspecified atom stereocenters. The summed E-state index contributed by atoms with van der Waals surface area (Å²) in [5.41, 5.74) is 3.19. The number of hydrogen-bond donors (Lipinski definition) is 1. The molecule has 1 aromatic heterocycles. The van der Waals surface area contributed by atoms with Crippen LogP contribution in [-0.4, -0.2) is 16.8 Å². The van der Waals surface area contributed by atoms with E-state index < -0.39 is 0 Å². The number of benzene rings is 1. The van der Waals surface area contributed by atoms with Crippen LogP contribution in [0.2, 0.25) is 0 Å². The van der Waals surface area contributed by atoms with Crippen LogP contribution < -0.4 is 0 Å². The number of nitrogens with zero attached hydrogens (tertiary/aromatic N) is 1. The number of rotatable bonds is 2. The summed E-state index contributed by atoms with van der Waals surface area (Å²) in [6.07, 6.45) is 0.250. The lowest BCUT2D eigenvalue weighted by Gasteiger charge is -1.92. The average Bonchev–Trinajstić information content (AvgIpc) is 2.98. The summed E-state index contributed by atoms with van der Waals surface area (Å²) in [5, 5.41) is 7.23. The van der Waals surface area contributed by atoms with E-state index >= 15 is 0 Å². The van der Waals surface area contributed by atoms with E-state index in [1.54, 1.807) is 0 Å². The van der Waals surface area contributed by atoms with Crippen LogP contribution in [0.1, 0.15) is 11.8 Å². The molecule has 70 valence electrons. The standard InChI is InChI=1S/C11H10N2O/c1-2-4-8(5-3-1)9-6-10(13-12-9)11-7-14-11/h1-6,11H,7H2,(H,12,13)/t11-/m1/s1. The first kappa shape index (κ1) is 7.76. The van der Waals surface area contributed by atoms with Gasteiger partial charge in [-0.05, 0) is 6.07 Å². The first-order valence-electron chi connectivity index (χ1n) is 4.66. The number of aromatic amines is 1. The van der Waals surface area contributed by atoms with Gasteiger partial charge in [-0.25, -0.2) is 0 Å². The van der Waals surface area contributed by atoms with E-state index in [2.05, 4.69) is 10.2 Å². The molecule has 0 radical (unpaired) electrons. The van der Waals surface area contributed by atoms with Gasteiger partial charge in [0.25, 0.3) is 0 Å². The molecule has 3 heteroatoms. The lowest BCUT2D eigenvalue weighted by molar-refractivity contribution is 0.411. The molecule has 1 aliphatic heterocycles. The van der Waals surface area contributed by atoms with Crippen molar-refractivity contribution >= 4 is 0 Å². The number of nitrogens with one attached hydrogen (secondary N) is 1. The molecule has 1 fully saturated rings. The van der Waals surface area contributed by atoms with E-state index in [0.29, 0.717) is 0 Å². The van der Waals surface area contributed by atoms with Gasteiger partial charge in [-0.3, -0.25) is 5.10 Å². The molecular formula is C11H10N2O. The van der Waals surface area contributed by atoms with Crippen LogP contribution in [0.15, 0.2) is 36.4 Å². The Hall–Kier alpha value is -1.61. The van der Waals surface area contributed by atoms with Crippen LogP contribution in [-0.2, 0) is 4.74 Å². The van der Waals surface area contributed by atoms with E-state index in [-0.39, 0.29) is 6.10 Å². The Morgan fingerprint density at radius 3 is 2.79 bits per heavy atom. The second-order valence-corrected chi connectivity index (χ2v) is 3.40. The topological polar surface area (TPSA) is 41.2 Å². The van der Waals surface area contributed by atoms with Crippen molar-refractivity contribution in [3.05, 3.63) is 42.1 Å². The molecule has 2 heterocycles. The third-order valence-corrected chi connectivity index (χ3v) is 2.35. The maximum atomic E-state index is 5.17. The van der Waals surface area contributed by atoms with Gasteiger partial charge in [0.05, 0.1) is 18.0 Å². The molecular weight excluding hydrogens is 176 g/mol. The first-order valence-corrected chi connectivity index (χ1v) is 4.66. The van der Waals surface area contributed by atoms with E-state index in [0.717, 1.165) is 23.6 Å². The van der Waals surface area contributed by atoms with Crippen molar-refractivity contribution in [2.75, 3.05) is 6.61 Å². The molecule has 3 nitrogen and oxygen atoms in total. The zero-order valence-corrected chi connectivity index (χ0v) is 7.60. The van der Waals surface area contributed by atoms with Crippen molar-refractivity contribution in [2.24, 2.45) is 0 Å². The molecule has 3 rings (SSSR count). The predicted octanol–water partition coefficient (Wildman–Crippen LogP) is 2.15. The lowest BCUT2D eigenvalue weighted by Crippen LogP contribution is -1.77. The normalized spacial score (nSPS) is 19.6. The van der Waals surface area contributed by atoms with E-state index in [1.165, 1.54) is 0 Å². The van der Waals surface area contributed by atoms with Crippen LogP contribution in [0.25, 0.3) is 11.3 Å². The number of epoxide rings is 1. The fraction of sp³-hybridized carbons (Fsp3) is 0.182. The second kappa shape index (κ2) is 2.96. The molecule has 2 aromatic rings. The van der Waals surface area contributed by atoms with E-state index in [9.17, 15) is 0 Å². The third kappa shape index (κ3) is 1.32. The highest BCUT2D eigenvalue weighted by Gasteiger charge is 2.26. The van der Waals surface area contributed by atoms with Crippen LogP contribution in [0, 0.1) is 0 Å². The fourth-order valence-electron chi connectivity index (χ4n) is 1.49. The Kier molecular flexibility index (Phi) is 1.64. The maximum Gasteiger partial charge on any atom is 0.122 e. The number of ether oxygens (including phenoxy) is 1. The molecule has 0 spiro atoms. The van der Waals surface area contributed by atoms with Gasteiger partial charge in [-0.15, -0.1) is 0 Å². The average molecular weight is 186 g/mol. The monoisotopic (exact) mass is 186 g/mol. The van der Waals surface area contributed by atoms with Crippen molar-refractivity contribution in [3.8, 4) is 11.3 Å². The highest BCUT2D eigenvalue weighted by molar-refractivity contribution is 5.59. The van der Waals surface area contributed by atoms with Gasteiger partial charge >= 0.3 is 0 Å². The van der Waals surface area contributed by atoms with Crippen molar-refractivity contribution in [3.63, 3.8) is 0 Å². The van der Waals surface area contributed by atoms with E-state index in [1.807, 2.05) is 36.4 Å². The highest BCUT2D eigenvalue weighted by atomic mass is 16.6. The number of aromatic nitrogens is 2. The molecule has 1 aromatic carbocycles. The molecule has 1 atom stereocenters.